The highest BCUT2D eigenvalue weighted by molar-refractivity contribution is 5.80. The van der Waals surface area contributed by atoms with Crippen LogP contribution in [0.15, 0.2) is 23.7 Å². The predicted octanol–water partition coefficient (Wildman–Crippen LogP) is 2.43. The number of likely N-dealkylation sites (tertiary alicyclic amines) is 1. The first kappa shape index (κ1) is 20.7. The van der Waals surface area contributed by atoms with Gasteiger partial charge in [0.1, 0.15) is 0 Å². The number of hydrogen-bond acceptors (Lipinski definition) is 3. The molecular weight excluding hydrogens is 352 g/mol. The Hall–Kier alpha value is -2.05. The van der Waals surface area contributed by atoms with Crippen molar-refractivity contribution >= 4 is 11.9 Å². The van der Waals surface area contributed by atoms with Gasteiger partial charge in [-0.25, -0.2) is 4.98 Å². The molecule has 28 heavy (non-hydrogen) atoms. The van der Waals surface area contributed by atoms with Crippen molar-refractivity contribution in [3.05, 3.63) is 18.7 Å². The molecule has 1 aromatic heterocycles. The van der Waals surface area contributed by atoms with E-state index in [-0.39, 0.29) is 11.8 Å². The van der Waals surface area contributed by atoms with Crippen LogP contribution >= 0.6 is 0 Å². The van der Waals surface area contributed by atoms with Gasteiger partial charge in [-0.1, -0.05) is 26.2 Å². The molecule has 1 amide bonds. The second kappa shape index (κ2) is 10.5. The molecule has 0 spiro atoms. The molecule has 1 aromatic rings. The number of aromatic nitrogens is 2. The Morgan fingerprint density at radius 3 is 2.75 bits per heavy atom. The third kappa shape index (κ3) is 5.49. The number of nitrogens with zero attached hydrogens (tertiary/aromatic N) is 4. The van der Waals surface area contributed by atoms with Gasteiger partial charge in [0.2, 0.25) is 5.91 Å². The smallest absolute Gasteiger partial charge is 0.223 e. The van der Waals surface area contributed by atoms with Crippen LogP contribution in [-0.2, 0) is 4.79 Å². The Morgan fingerprint density at radius 2 is 2.04 bits per heavy atom. The summed E-state index contributed by atoms with van der Waals surface area (Å²) >= 11 is 0. The van der Waals surface area contributed by atoms with E-state index in [1.54, 1.807) is 0 Å². The molecule has 2 fully saturated rings. The highest BCUT2D eigenvalue weighted by Gasteiger charge is 2.29. The van der Waals surface area contributed by atoms with Gasteiger partial charge in [-0.05, 0) is 32.1 Å². The van der Waals surface area contributed by atoms with Crippen LogP contribution in [0.4, 0.5) is 0 Å². The van der Waals surface area contributed by atoms with E-state index in [0.717, 1.165) is 44.9 Å². The van der Waals surface area contributed by atoms with Crippen LogP contribution in [0.3, 0.4) is 0 Å². The molecule has 0 aromatic carbocycles. The molecule has 0 radical (unpaired) electrons. The lowest BCUT2D eigenvalue weighted by Crippen LogP contribution is -2.49. The number of carbonyl (C=O) groups excluding carboxylic acids is 1. The molecule has 7 nitrogen and oxygen atoms in total. The van der Waals surface area contributed by atoms with E-state index >= 15 is 0 Å². The Morgan fingerprint density at radius 1 is 1.21 bits per heavy atom. The van der Waals surface area contributed by atoms with E-state index in [9.17, 15) is 4.79 Å². The zero-order chi connectivity index (χ0) is 19.8. The van der Waals surface area contributed by atoms with Crippen molar-refractivity contribution in [2.75, 3.05) is 32.7 Å². The first-order valence-electron chi connectivity index (χ1n) is 11.0. The summed E-state index contributed by atoms with van der Waals surface area (Å²) in [5.74, 6) is 1.99. The van der Waals surface area contributed by atoms with Crippen molar-refractivity contribution < 1.29 is 4.79 Å². The van der Waals surface area contributed by atoms with E-state index in [2.05, 4.69) is 45.1 Å². The quantitative estimate of drug-likeness (QED) is 0.446. The SMILES string of the molecule is CCNC(=NCCNC(=O)C1CCCCC1)N1CCC(C)C(n2ccnc2)C1. The molecule has 2 aliphatic rings. The number of nitrogens with one attached hydrogen (secondary N) is 2. The molecule has 2 unspecified atom stereocenters. The molecule has 2 heterocycles. The molecule has 1 saturated heterocycles. The van der Waals surface area contributed by atoms with Gasteiger partial charge in [-0.2, -0.15) is 0 Å². The monoisotopic (exact) mass is 388 g/mol. The van der Waals surface area contributed by atoms with Gasteiger partial charge in [0.25, 0.3) is 0 Å². The van der Waals surface area contributed by atoms with E-state index in [1.807, 2.05) is 12.5 Å². The minimum atomic E-state index is 0.213. The van der Waals surface area contributed by atoms with Gasteiger partial charge >= 0.3 is 0 Å². The van der Waals surface area contributed by atoms with Crippen molar-refractivity contribution in [2.24, 2.45) is 16.8 Å². The summed E-state index contributed by atoms with van der Waals surface area (Å²) in [6.07, 6.45) is 12.7. The molecule has 0 bridgehead atoms. The minimum absolute atomic E-state index is 0.213. The number of imidazole rings is 1. The third-order valence-electron chi connectivity index (χ3n) is 6.11. The number of carbonyl (C=O) groups is 1. The molecular formula is C21H36N6O. The van der Waals surface area contributed by atoms with Crippen molar-refractivity contribution in [1.29, 1.82) is 0 Å². The Bertz CT molecular complexity index is 623. The largest absolute Gasteiger partial charge is 0.357 e. The van der Waals surface area contributed by atoms with E-state index in [0.29, 0.717) is 25.0 Å². The maximum atomic E-state index is 12.3. The summed E-state index contributed by atoms with van der Waals surface area (Å²) in [6.45, 7) is 8.41. The van der Waals surface area contributed by atoms with E-state index < -0.39 is 0 Å². The molecule has 156 valence electrons. The lowest BCUT2D eigenvalue weighted by atomic mass is 9.89. The maximum absolute atomic E-state index is 12.3. The van der Waals surface area contributed by atoms with Gasteiger partial charge in [0.15, 0.2) is 5.96 Å². The molecule has 1 aliphatic heterocycles. The predicted molar refractivity (Wildman–Crippen MR) is 112 cm³/mol. The summed E-state index contributed by atoms with van der Waals surface area (Å²) in [6, 6.07) is 0.408. The number of piperidine rings is 1. The third-order valence-corrected chi connectivity index (χ3v) is 6.11. The summed E-state index contributed by atoms with van der Waals surface area (Å²) < 4.78 is 2.21. The van der Waals surface area contributed by atoms with Crippen LogP contribution in [0.25, 0.3) is 0 Å². The molecule has 1 saturated carbocycles. The Kier molecular flexibility index (Phi) is 7.74. The summed E-state index contributed by atoms with van der Waals surface area (Å²) in [7, 11) is 0. The van der Waals surface area contributed by atoms with Crippen molar-refractivity contribution in [1.82, 2.24) is 25.1 Å². The summed E-state index contributed by atoms with van der Waals surface area (Å²) in [4.78, 5) is 23.6. The zero-order valence-corrected chi connectivity index (χ0v) is 17.4. The van der Waals surface area contributed by atoms with Gasteiger partial charge in [0, 0.05) is 44.5 Å². The van der Waals surface area contributed by atoms with Gasteiger partial charge in [-0.15, -0.1) is 0 Å². The molecule has 1 aliphatic carbocycles. The first-order chi connectivity index (χ1) is 13.7. The number of hydrogen-bond donors (Lipinski definition) is 2. The van der Waals surface area contributed by atoms with Crippen LogP contribution in [-0.4, -0.2) is 59.0 Å². The van der Waals surface area contributed by atoms with Crippen LogP contribution in [0.1, 0.15) is 58.4 Å². The fourth-order valence-corrected chi connectivity index (χ4v) is 4.37. The zero-order valence-electron chi connectivity index (χ0n) is 17.4. The average molecular weight is 389 g/mol. The number of aliphatic imine (C=N–C) groups is 1. The second-order valence-electron chi connectivity index (χ2n) is 8.15. The summed E-state index contributed by atoms with van der Waals surface area (Å²) in [5.41, 5.74) is 0. The van der Waals surface area contributed by atoms with Crippen LogP contribution < -0.4 is 10.6 Å². The second-order valence-corrected chi connectivity index (χ2v) is 8.15. The fourth-order valence-electron chi connectivity index (χ4n) is 4.37. The molecule has 3 rings (SSSR count). The minimum Gasteiger partial charge on any atom is -0.357 e. The fraction of sp³-hybridized carbons (Fsp3) is 0.762. The topological polar surface area (TPSA) is 74.6 Å². The Labute approximate surface area is 169 Å². The van der Waals surface area contributed by atoms with E-state index in [4.69, 9.17) is 4.99 Å². The maximum Gasteiger partial charge on any atom is 0.223 e. The number of rotatable bonds is 6. The van der Waals surface area contributed by atoms with Crippen LogP contribution in [0.5, 0.6) is 0 Å². The Balaban J connectivity index is 1.52. The van der Waals surface area contributed by atoms with Gasteiger partial charge in [0.05, 0.1) is 18.9 Å². The lowest BCUT2D eigenvalue weighted by Gasteiger charge is -2.39. The highest BCUT2D eigenvalue weighted by Crippen LogP contribution is 2.27. The number of guanidine groups is 1. The summed E-state index contributed by atoms with van der Waals surface area (Å²) in [5, 5.41) is 6.51. The van der Waals surface area contributed by atoms with E-state index in [1.165, 1.54) is 19.3 Å². The van der Waals surface area contributed by atoms with Crippen molar-refractivity contribution in [3.63, 3.8) is 0 Å². The average Bonchev–Trinajstić information content (AvgIpc) is 3.26. The standard InChI is InChI=1S/C21H36N6O/c1-3-23-21(25-11-10-24-20(28)18-7-5-4-6-8-18)26-13-9-17(2)19(15-26)27-14-12-22-16-27/h12,14,16-19H,3-11,13,15H2,1-2H3,(H,23,25)(H,24,28). The molecule has 2 N–H and O–H groups in total. The van der Waals surface area contributed by atoms with Crippen molar-refractivity contribution in [3.8, 4) is 0 Å². The molecule has 2 atom stereocenters. The van der Waals surface area contributed by atoms with Crippen molar-refractivity contribution in [2.45, 2.75) is 58.4 Å². The number of amides is 1. The normalized spacial score (nSPS) is 24.2. The molecule has 7 heteroatoms. The van der Waals surface area contributed by atoms with Crippen LogP contribution in [0, 0.1) is 11.8 Å². The highest BCUT2D eigenvalue weighted by atomic mass is 16.1. The first-order valence-corrected chi connectivity index (χ1v) is 11.0. The van der Waals surface area contributed by atoms with Gasteiger partial charge < -0.3 is 20.1 Å². The van der Waals surface area contributed by atoms with Gasteiger partial charge in [-0.3, -0.25) is 9.79 Å². The lowest BCUT2D eigenvalue weighted by molar-refractivity contribution is -0.125. The van der Waals surface area contributed by atoms with Crippen LogP contribution in [0.2, 0.25) is 0 Å².